The standard InChI is InChI=1S/C8H15BrO/c1-3-5-6-10-8(4-2)7-9/h4H,3,5-7H2,1-2H3/b8-4+. The van der Waals surface area contributed by atoms with Crippen LogP contribution in [0.15, 0.2) is 11.8 Å². The minimum Gasteiger partial charge on any atom is -0.497 e. The summed E-state index contributed by atoms with van der Waals surface area (Å²) in [6.07, 6.45) is 4.33. The zero-order valence-corrected chi connectivity index (χ0v) is 8.28. The van der Waals surface area contributed by atoms with E-state index in [9.17, 15) is 0 Å². The van der Waals surface area contributed by atoms with Crippen molar-refractivity contribution in [2.75, 3.05) is 11.9 Å². The first-order valence-corrected chi connectivity index (χ1v) is 4.81. The van der Waals surface area contributed by atoms with Crippen LogP contribution >= 0.6 is 15.9 Å². The molecule has 0 aliphatic rings. The molecular formula is C8H15BrO. The highest BCUT2D eigenvalue weighted by molar-refractivity contribution is 9.09. The lowest BCUT2D eigenvalue weighted by atomic mass is 10.4. The van der Waals surface area contributed by atoms with Crippen LogP contribution < -0.4 is 0 Å². The van der Waals surface area contributed by atoms with Gasteiger partial charge in [0.25, 0.3) is 0 Å². The third-order valence-electron chi connectivity index (χ3n) is 1.24. The second kappa shape index (κ2) is 7.13. The molecule has 0 aliphatic heterocycles. The summed E-state index contributed by atoms with van der Waals surface area (Å²) in [6, 6.07) is 0. The first kappa shape index (κ1) is 10.0. The quantitative estimate of drug-likeness (QED) is 0.382. The molecule has 0 radical (unpaired) electrons. The van der Waals surface area contributed by atoms with Crippen molar-refractivity contribution in [2.45, 2.75) is 26.7 Å². The number of allylic oxidation sites excluding steroid dienone is 2. The number of hydrogen-bond acceptors (Lipinski definition) is 1. The van der Waals surface area contributed by atoms with E-state index in [2.05, 4.69) is 22.9 Å². The maximum atomic E-state index is 5.40. The van der Waals surface area contributed by atoms with Crippen molar-refractivity contribution in [3.8, 4) is 0 Å². The fourth-order valence-electron chi connectivity index (χ4n) is 0.547. The summed E-state index contributed by atoms with van der Waals surface area (Å²) in [5.74, 6) is 1.04. The Morgan fingerprint density at radius 2 is 2.30 bits per heavy atom. The summed E-state index contributed by atoms with van der Waals surface area (Å²) in [6.45, 7) is 5.00. The number of halogens is 1. The Balaban J connectivity index is 3.27. The van der Waals surface area contributed by atoms with Gasteiger partial charge in [0.05, 0.1) is 11.9 Å². The van der Waals surface area contributed by atoms with Gasteiger partial charge in [-0.05, 0) is 19.4 Å². The van der Waals surface area contributed by atoms with E-state index < -0.39 is 0 Å². The summed E-state index contributed by atoms with van der Waals surface area (Å²) in [4.78, 5) is 0. The van der Waals surface area contributed by atoms with Gasteiger partial charge in [0.2, 0.25) is 0 Å². The highest BCUT2D eigenvalue weighted by Crippen LogP contribution is 2.02. The van der Waals surface area contributed by atoms with Gasteiger partial charge in [0.1, 0.15) is 5.76 Å². The molecule has 0 bridgehead atoms. The largest absolute Gasteiger partial charge is 0.497 e. The lowest BCUT2D eigenvalue weighted by molar-refractivity contribution is 0.211. The zero-order valence-electron chi connectivity index (χ0n) is 6.69. The SMILES string of the molecule is C/C=C(\CBr)OCCCC. The summed E-state index contributed by atoms with van der Waals surface area (Å²) in [5.41, 5.74) is 0. The molecule has 0 saturated carbocycles. The van der Waals surface area contributed by atoms with Crippen molar-refractivity contribution >= 4 is 15.9 Å². The Morgan fingerprint density at radius 3 is 2.70 bits per heavy atom. The lowest BCUT2D eigenvalue weighted by Gasteiger charge is -2.05. The van der Waals surface area contributed by atoms with E-state index in [0.29, 0.717) is 0 Å². The van der Waals surface area contributed by atoms with Crippen LogP contribution in [0.3, 0.4) is 0 Å². The Morgan fingerprint density at radius 1 is 1.60 bits per heavy atom. The van der Waals surface area contributed by atoms with Crippen molar-refractivity contribution in [1.29, 1.82) is 0 Å². The fourth-order valence-corrected chi connectivity index (χ4v) is 1.03. The molecule has 1 nitrogen and oxygen atoms in total. The predicted molar refractivity (Wildman–Crippen MR) is 48.4 cm³/mol. The predicted octanol–water partition coefficient (Wildman–Crippen LogP) is 3.10. The highest BCUT2D eigenvalue weighted by Gasteiger charge is 1.91. The molecule has 0 heterocycles. The molecule has 0 unspecified atom stereocenters. The summed E-state index contributed by atoms with van der Waals surface area (Å²) in [5, 5.41) is 0.827. The van der Waals surface area contributed by atoms with E-state index in [-0.39, 0.29) is 0 Å². The Labute approximate surface area is 71.6 Å². The van der Waals surface area contributed by atoms with Crippen LogP contribution in [0.2, 0.25) is 0 Å². The average molecular weight is 207 g/mol. The molecule has 0 atom stereocenters. The molecular weight excluding hydrogens is 192 g/mol. The van der Waals surface area contributed by atoms with E-state index in [0.717, 1.165) is 24.1 Å². The summed E-state index contributed by atoms with van der Waals surface area (Å²) >= 11 is 3.33. The van der Waals surface area contributed by atoms with Crippen LogP contribution in [0.4, 0.5) is 0 Å². The van der Waals surface area contributed by atoms with Gasteiger partial charge in [-0.1, -0.05) is 29.3 Å². The van der Waals surface area contributed by atoms with Crippen LogP contribution in [0.5, 0.6) is 0 Å². The molecule has 60 valence electrons. The Hall–Kier alpha value is 0.0200. The van der Waals surface area contributed by atoms with Gasteiger partial charge in [-0.3, -0.25) is 0 Å². The number of alkyl halides is 1. The first-order chi connectivity index (χ1) is 4.85. The number of hydrogen-bond donors (Lipinski definition) is 0. The second-order valence-electron chi connectivity index (χ2n) is 2.09. The van der Waals surface area contributed by atoms with Crippen molar-refractivity contribution in [3.05, 3.63) is 11.8 Å². The van der Waals surface area contributed by atoms with Gasteiger partial charge in [-0.2, -0.15) is 0 Å². The van der Waals surface area contributed by atoms with Crippen LogP contribution in [-0.4, -0.2) is 11.9 Å². The van der Waals surface area contributed by atoms with Gasteiger partial charge in [-0.25, -0.2) is 0 Å². The van der Waals surface area contributed by atoms with Crippen LogP contribution in [0, 0.1) is 0 Å². The summed E-state index contributed by atoms with van der Waals surface area (Å²) < 4.78 is 5.40. The molecule has 2 heteroatoms. The maximum absolute atomic E-state index is 5.40. The van der Waals surface area contributed by atoms with Gasteiger partial charge < -0.3 is 4.74 Å². The molecule has 0 spiro atoms. The molecule has 0 aromatic rings. The average Bonchev–Trinajstić information content (AvgIpc) is 1.99. The second-order valence-corrected chi connectivity index (χ2v) is 2.65. The monoisotopic (exact) mass is 206 g/mol. The molecule has 10 heavy (non-hydrogen) atoms. The third kappa shape index (κ3) is 4.86. The van der Waals surface area contributed by atoms with Crippen molar-refractivity contribution < 1.29 is 4.74 Å². The minimum atomic E-state index is 0.827. The molecule has 0 rings (SSSR count). The van der Waals surface area contributed by atoms with Crippen molar-refractivity contribution in [3.63, 3.8) is 0 Å². The Kier molecular flexibility index (Phi) is 7.15. The molecule has 0 aromatic heterocycles. The zero-order chi connectivity index (χ0) is 7.82. The van der Waals surface area contributed by atoms with E-state index >= 15 is 0 Å². The molecule has 0 saturated heterocycles. The van der Waals surface area contributed by atoms with Crippen molar-refractivity contribution in [1.82, 2.24) is 0 Å². The summed E-state index contributed by atoms with van der Waals surface area (Å²) in [7, 11) is 0. The number of ether oxygens (including phenoxy) is 1. The first-order valence-electron chi connectivity index (χ1n) is 3.69. The highest BCUT2D eigenvalue weighted by atomic mass is 79.9. The van der Waals surface area contributed by atoms with Crippen LogP contribution in [-0.2, 0) is 4.74 Å². The Bertz CT molecular complexity index is 99.4. The van der Waals surface area contributed by atoms with E-state index in [1.54, 1.807) is 0 Å². The minimum absolute atomic E-state index is 0.827. The van der Waals surface area contributed by atoms with Gasteiger partial charge in [0, 0.05) is 0 Å². The topological polar surface area (TPSA) is 9.23 Å². The van der Waals surface area contributed by atoms with E-state index in [1.165, 1.54) is 6.42 Å². The third-order valence-corrected chi connectivity index (χ3v) is 1.79. The normalized spacial score (nSPS) is 11.7. The molecule has 0 fully saturated rings. The molecule has 0 N–H and O–H groups in total. The van der Waals surface area contributed by atoms with Crippen LogP contribution in [0.25, 0.3) is 0 Å². The van der Waals surface area contributed by atoms with Gasteiger partial charge in [0.15, 0.2) is 0 Å². The van der Waals surface area contributed by atoms with Crippen molar-refractivity contribution in [2.24, 2.45) is 0 Å². The number of unbranched alkanes of at least 4 members (excludes halogenated alkanes) is 1. The van der Waals surface area contributed by atoms with Gasteiger partial charge >= 0.3 is 0 Å². The molecule has 0 aliphatic carbocycles. The molecule has 0 aromatic carbocycles. The smallest absolute Gasteiger partial charge is 0.102 e. The van der Waals surface area contributed by atoms with Gasteiger partial charge in [-0.15, -0.1) is 0 Å². The lowest BCUT2D eigenvalue weighted by Crippen LogP contribution is -1.94. The van der Waals surface area contributed by atoms with E-state index in [1.807, 2.05) is 13.0 Å². The fraction of sp³-hybridized carbons (Fsp3) is 0.750. The number of rotatable bonds is 5. The molecule has 0 amide bonds. The van der Waals surface area contributed by atoms with E-state index in [4.69, 9.17) is 4.74 Å². The maximum Gasteiger partial charge on any atom is 0.102 e. The van der Waals surface area contributed by atoms with Crippen LogP contribution in [0.1, 0.15) is 26.7 Å².